The number of likely N-dealkylation sites (N-methyl/N-ethyl adjacent to an activating group) is 1. The van der Waals surface area contributed by atoms with Crippen LogP contribution < -0.4 is 16.0 Å². The van der Waals surface area contributed by atoms with Crippen LogP contribution in [0.15, 0.2) is 12.4 Å². The Balaban J connectivity index is 0.000000540. The van der Waals surface area contributed by atoms with Crippen LogP contribution in [0.3, 0.4) is 0 Å². The zero-order valence-corrected chi connectivity index (χ0v) is 22.3. The molecule has 4 aromatic rings. The fraction of sp³-hybridized carbons (Fsp3) is 0.407. The molecule has 38 heavy (non-hydrogen) atoms. The van der Waals surface area contributed by atoms with E-state index in [9.17, 15) is 9.65 Å². The van der Waals surface area contributed by atoms with Crippen molar-refractivity contribution in [3.63, 3.8) is 0 Å². The fourth-order valence-electron chi connectivity index (χ4n) is 5.22. The number of hydrogen-bond donors (Lipinski definition) is 3. The van der Waals surface area contributed by atoms with E-state index in [1.807, 2.05) is 6.20 Å². The number of hydrogen-bond acceptors (Lipinski definition) is 10. The molecule has 0 unspecified atom stereocenters. The van der Waals surface area contributed by atoms with Crippen LogP contribution in [0.1, 0.15) is 42.0 Å². The van der Waals surface area contributed by atoms with Crippen LogP contribution in [0.4, 0.5) is 15.3 Å². The number of halogens is 1. The Morgan fingerprint density at radius 2 is 2.00 bits per heavy atom. The maximum Gasteiger partial charge on any atom is 0.225 e. The number of thiophene rings is 1. The van der Waals surface area contributed by atoms with Crippen LogP contribution in [0, 0.1) is 17.1 Å². The molecule has 1 aromatic carbocycles. The monoisotopic (exact) mass is 535 g/mol. The van der Waals surface area contributed by atoms with E-state index in [1.54, 1.807) is 7.05 Å². The van der Waals surface area contributed by atoms with Crippen LogP contribution in [0.25, 0.3) is 32.2 Å². The first-order valence-electron chi connectivity index (χ1n) is 12.7. The Hall–Kier alpha value is -3.43. The van der Waals surface area contributed by atoms with Gasteiger partial charge < -0.3 is 25.8 Å². The number of rotatable bonds is 5. The number of fused-ring (bicyclic) bond motifs is 4. The number of ether oxygens (including phenoxy) is 1. The van der Waals surface area contributed by atoms with Gasteiger partial charge in [-0.15, -0.1) is 11.3 Å². The third kappa shape index (κ3) is 4.43. The number of aryl methyl sites for hydroxylation is 1. The summed E-state index contributed by atoms with van der Waals surface area (Å²) in [7, 11) is 1.80. The normalized spacial score (nSPS) is 14.6. The summed E-state index contributed by atoms with van der Waals surface area (Å²) in [5, 5.41) is 22.3. The lowest BCUT2D eigenvalue weighted by molar-refractivity contribution is 0.135. The number of nitrogens with two attached hydrogens (primary N) is 1. The van der Waals surface area contributed by atoms with Crippen LogP contribution in [0.2, 0.25) is 0 Å². The van der Waals surface area contributed by atoms with Gasteiger partial charge >= 0.3 is 0 Å². The van der Waals surface area contributed by atoms with Crippen LogP contribution >= 0.6 is 11.3 Å². The number of aliphatic hydroxyl groups excluding tert-OH is 1. The molecule has 0 radical (unpaired) electrons. The van der Waals surface area contributed by atoms with Gasteiger partial charge in [-0.2, -0.15) is 5.26 Å². The SMILES string of the molecule is CCc1c(-c2ncc(F)c3sc(N)c(C#N)c23)c2c(c3cnc(N4CCCC4)nc13)COC2.CNCCO. The number of nitrogen functional groups attached to an aromatic ring is 1. The van der Waals surface area contributed by atoms with E-state index < -0.39 is 5.82 Å². The van der Waals surface area contributed by atoms with E-state index in [0.717, 1.165) is 76.4 Å². The van der Waals surface area contributed by atoms with E-state index >= 15 is 0 Å². The van der Waals surface area contributed by atoms with Gasteiger partial charge in [-0.05, 0) is 43.0 Å². The first-order chi connectivity index (χ1) is 18.5. The quantitative estimate of drug-likeness (QED) is 0.348. The molecule has 1 fully saturated rings. The average molecular weight is 536 g/mol. The van der Waals surface area contributed by atoms with Crippen molar-refractivity contribution in [2.45, 2.75) is 39.4 Å². The molecule has 2 aliphatic rings. The molecule has 0 aliphatic carbocycles. The van der Waals surface area contributed by atoms with Crippen molar-refractivity contribution in [3.05, 3.63) is 40.5 Å². The van der Waals surface area contributed by atoms with Crippen molar-refractivity contribution in [2.75, 3.05) is 43.9 Å². The molecule has 9 nitrogen and oxygen atoms in total. The maximum atomic E-state index is 14.7. The number of aliphatic hydroxyl groups is 1. The van der Waals surface area contributed by atoms with E-state index in [-0.39, 0.29) is 12.2 Å². The summed E-state index contributed by atoms with van der Waals surface area (Å²) in [6, 6.07) is 2.16. The van der Waals surface area contributed by atoms with Gasteiger partial charge in [0.2, 0.25) is 5.95 Å². The largest absolute Gasteiger partial charge is 0.395 e. The molecule has 0 amide bonds. The summed E-state index contributed by atoms with van der Waals surface area (Å²) >= 11 is 1.09. The lowest BCUT2D eigenvalue weighted by atomic mass is 9.88. The molecule has 11 heteroatoms. The van der Waals surface area contributed by atoms with Crippen molar-refractivity contribution >= 4 is 43.3 Å². The topological polar surface area (TPSA) is 133 Å². The Kier molecular flexibility index (Phi) is 7.67. The number of pyridine rings is 1. The predicted molar refractivity (Wildman–Crippen MR) is 148 cm³/mol. The minimum atomic E-state index is -0.475. The number of nitrogens with zero attached hydrogens (tertiary/aromatic N) is 5. The van der Waals surface area contributed by atoms with Crippen LogP contribution in [-0.4, -0.2) is 53.3 Å². The molecular weight excluding hydrogens is 505 g/mol. The van der Waals surface area contributed by atoms with Crippen molar-refractivity contribution in [3.8, 4) is 17.3 Å². The molecule has 3 aromatic heterocycles. The van der Waals surface area contributed by atoms with Gasteiger partial charge in [0.1, 0.15) is 11.1 Å². The smallest absolute Gasteiger partial charge is 0.225 e. The first kappa shape index (κ1) is 26.2. The summed E-state index contributed by atoms with van der Waals surface area (Å²) in [5.74, 6) is 0.256. The Labute approximate surface area is 224 Å². The molecule has 0 bridgehead atoms. The van der Waals surface area contributed by atoms with E-state index in [0.29, 0.717) is 47.0 Å². The molecule has 0 spiro atoms. The highest BCUT2D eigenvalue weighted by Crippen LogP contribution is 2.45. The van der Waals surface area contributed by atoms with Crippen molar-refractivity contribution in [1.82, 2.24) is 20.3 Å². The van der Waals surface area contributed by atoms with Crippen LogP contribution in [-0.2, 0) is 24.4 Å². The zero-order chi connectivity index (χ0) is 26.8. The van der Waals surface area contributed by atoms with Crippen molar-refractivity contribution in [2.24, 2.45) is 0 Å². The first-order valence-corrected chi connectivity index (χ1v) is 13.5. The molecular formula is C27H30FN7O2S. The van der Waals surface area contributed by atoms with Gasteiger partial charge in [-0.1, -0.05) is 6.92 Å². The summed E-state index contributed by atoms with van der Waals surface area (Å²) in [6.45, 7) is 5.78. The van der Waals surface area contributed by atoms with E-state index in [4.69, 9.17) is 20.6 Å². The minimum Gasteiger partial charge on any atom is -0.395 e. The third-order valence-corrected chi connectivity index (χ3v) is 8.02. The number of nitriles is 1. The number of nitrogens with one attached hydrogen (secondary N) is 1. The molecule has 6 rings (SSSR count). The third-order valence-electron chi connectivity index (χ3n) is 7.00. The highest BCUT2D eigenvalue weighted by molar-refractivity contribution is 7.23. The molecule has 1 saturated heterocycles. The number of aromatic nitrogens is 3. The number of benzene rings is 1. The Morgan fingerprint density at radius 1 is 1.24 bits per heavy atom. The van der Waals surface area contributed by atoms with Gasteiger partial charge in [-0.25, -0.2) is 14.4 Å². The lowest BCUT2D eigenvalue weighted by Gasteiger charge is -2.20. The van der Waals surface area contributed by atoms with Crippen molar-refractivity contribution in [1.29, 1.82) is 5.26 Å². The molecule has 4 N–H and O–H groups in total. The minimum absolute atomic E-state index is 0.233. The second-order valence-corrected chi connectivity index (χ2v) is 10.3. The fourth-order valence-corrected chi connectivity index (χ4v) is 6.14. The van der Waals surface area contributed by atoms with Gasteiger partial charge in [0.05, 0.1) is 47.5 Å². The predicted octanol–water partition coefficient (Wildman–Crippen LogP) is 3.89. The summed E-state index contributed by atoms with van der Waals surface area (Å²) in [6.07, 6.45) is 6.09. The summed E-state index contributed by atoms with van der Waals surface area (Å²) in [5.41, 5.74) is 11.7. The molecule has 0 atom stereocenters. The second kappa shape index (κ2) is 11.1. The molecule has 0 saturated carbocycles. The Morgan fingerprint density at radius 3 is 2.66 bits per heavy atom. The summed E-state index contributed by atoms with van der Waals surface area (Å²) < 4.78 is 20.9. The Bertz CT molecular complexity index is 1540. The second-order valence-electron chi connectivity index (χ2n) is 9.22. The highest BCUT2D eigenvalue weighted by Gasteiger charge is 2.29. The van der Waals surface area contributed by atoms with E-state index in [2.05, 4.69) is 33.2 Å². The molecule has 5 heterocycles. The highest BCUT2D eigenvalue weighted by atomic mass is 32.1. The van der Waals surface area contributed by atoms with Gasteiger partial charge in [-0.3, -0.25) is 4.98 Å². The van der Waals surface area contributed by atoms with Gasteiger partial charge in [0, 0.05) is 42.2 Å². The van der Waals surface area contributed by atoms with Crippen molar-refractivity contribution < 1.29 is 14.2 Å². The maximum absolute atomic E-state index is 14.7. The lowest BCUT2D eigenvalue weighted by Crippen LogP contribution is -2.20. The van der Waals surface area contributed by atoms with Crippen LogP contribution in [0.5, 0.6) is 0 Å². The standard InChI is InChI=1S/C24H21FN6OS.C3H9NO/c1-2-12-18(21-19-13(7-26)23(27)33-22(19)17(25)9-28-21)16-11-32-10-15(16)14-8-29-24(30-20(12)14)31-5-3-4-6-31;1-4-2-3-5/h8-9H,2-6,10-11,27H2,1H3;4-5H,2-3H2,1H3. The van der Waals surface area contributed by atoms with E-state index in [1.165, 1.54) is 6.20 Å². The number of anilines is 2. The summed E-state index contributed by atoms with van der Waals surface area (Å²) in [4.78, 5) is 16.4. The molecule has 2 aliphatic heterocycles. The van der Waals surface area contributed by atoms with Gasteiger partial charge in [0.25, 0.3) is 0 Å². The molecule has 198 valence electrons. The van der Waals surface area contributed by atoms with Gasteiger partial charge in [0.15, 0.2) is 5.82 Å². The zero-order valence-electron chi connectivity index (χ0n) is 21.5. The average Bonchev–Trinajstić information content (AvgIpc) is 3.69.